The molecule has 0 aromatic rings. The van der Waals surface area contributed by atoms with E-state index in [1.807, 2.05) is 54.7 Å². The maximum atomic E-state index is 12.8. The van der Waals surface area contributed by atoms with Gasteiger partial charge in [0.25, 0.3) is 0 Å². The molecule has 62 heavy (non-hydrogen) atoms. The molecule has 0 radical (unpaired) electrons. The largest absolute Gasteiger partial charge is 0.462 e. The van der Waals surface area contributed by atoms with E-state index in [2.05, 4.69) is 87.6 Å². The number of rotatable bonds is 42. The topological polar surface area (TPSA) is 78.9 Å². The van der Waals surface area contributed by atoms with Crippen LogP contribution in [0.4, 0.5) is 0 Å². The average Bonchev–Trinajstić information content (AvgIpc) is 3.27. The molecule has 1 unspecified atom stereocenters. The van der Waals surface area contributed by atoms with E-state index in [-0.39, 0.29) is 37.5 Å². The number of hydrogen-bond acceptors (Lipinski definition) is 6. The number of carbonyl (C=O) groups is 3. The number of hydrogen-bond donors (Lipinski definition) is 0. The first-order valence-electron chi connectivity index (χ1n) is 24.7. The van der Waals surface area contributed by atoms with Crippen LogP contribution in [0.3, 0.4) is 0 Å². The summed E-state index contributed by atoms with van der Waals surface area (Å²) in [5.74, 6) is -1.02. The third-order valence-electron chi connectivity index (χ3n) is 9.90. The Kier molecular flexibility index (Phi) is 46.1. The molecule has 0 N–H and O–H groups in total. The number of allylic oxidation sites excluding steroid dienone is 20. The van der Waals surface area contributed by atoms with E-state index >= 15 is 0 Å². The van der Waals surface area contributed by atoms with Gasteiger partial charge >= 0.3 is 17.9 Å². The zero-order valence-corrected chi connectivity index (χ0v) is 39.6. The van der Waals surface area contributed by atoms with Crippen LogP contribution in [0.25, 0.3) is 0 Å². The summed E-state index contributed by atoms with van der Waals surface area (Å²) in [5, 5.41) is 0. The second-order valence-electron chi connectivity index (χ2n) is 15.8. The molecule has 1 atom stereocenters. The van der Waals surface area contributed by atoms with Crippen molar-refractivity contribution in [1.29, 1.82) is 0 Å². The van der Waals surface area contributed by atoms with Crippen LogP contribution in [0.1, 0.15) is 194 Å². The first-order chi connectivity index (χ1) is 30.5. The molecule has 0 aliphatic rings. The highest BCUT2D eigenvalue weighted by molar-refractivity contribution is 5.71. The van der Waals surface area contributed by atoms with Crippen LogP contribution in [0, 0.1) is 0 Å². The Bertz CT molecular complexity index is 1350. The molecular weight excluding hydrogens is 769 g/mol. The van der Waals surface area contributed by atoms with Crippen LogP contribution in [0.5, 0.6) is 0 Å². The SMILES string of the molecule is CC/C=C/C=C/C=C/C=C/C=C/CCCCCC(=O)OC(COC(=O)CCCCC/C=C/C=C/CCCCCCCCC)COC(=O)CCCCCCC/C=C/C=C/C=C/CC. The molecule has 0 aliphatic carbocycles. The first-order valence-corrected chi connectivity index (χ1v) is 24.7. The van der Waals surface area contributed by atoms with E-state index in [0.29, 0.717) is 19.3 Å². The Labute approximate surface area is 380 Å². The predicted octanol–water partition coefficient (Wildman–Crippen LogP) is 16.1. The van der Waals surface area contributed by atoms with Gasteiger partial charge in [-0.2, -0.15) is 0 Å². The quantitative estimate of drug-likeness (QED) is 0.0263. The van der Waals surface area contributed by atoms with Crippen molar-refractivity contribution in [3.8, 4) is 0 Å². The summed E-state index contributed by atoms with van der Waals surface area (Å²) in [7, 11) is 0. The lowest BCUT2D eigenvalue weighted by atomic mass is 10.1. The zero-order valence-electron chi connectivity index (χ0n) is 39.6. The smallest absolute Gasteiger partial charge is 0.306 e. The van der Waals surface area contributed by atoms with E-state index in [1.54, 1.807) is 0 Å². The Morgan fingerprint density at radius 2 is 0.629 bits per heavy atom. The lowest BCUT2D eigenvalue weighted by Gasteiger charge is -2.18. The first kappa shape index (κ1) is 57.8. The van der Waals surface area contributed by atoms with Gasteiger partial charge < -0.3 is 14.2 Å². The summed E-state index contributed by atoms with van der Waals surface area (Å²) in [6, 6.07) is 0. The van der Waals surface area contributed by atoms with Gasteiger partial charge in [0.1, 0.15) is 13.2 Å². The summed E-state index contributed by atoms with van der Waals surface area (Å²) in [4.78, 5) is 37.9. The van der Waals surface area contributed by atoms with Crippen molar-refractivity contribution < 1.29 is 28.6 Å². The number of esters is 3. The predicted molar refractivity (Wildman–Crippen MR) is 265 cm³/mol. The zero-order chi connectivity index (χ0) is 45.1. The standard InChI is InChI=1S/C56H88O6/c1-4-7-10-13-16-19-22-25-27-29-31-34-37-40-43-46-49-55(58)61-52-53(51-60-54(57)48-45-42-39-36-33-30-24-21-18-15-12-9-6-3)62-56(59)50-47-44-41-38-35-32-28-26-23-20-17-14-11-8-5-2/h8-9,11-12,14-15,17-18,20-21,23-24,26-29,31-32,34-35,53H,4-7,10,13,16,19,22,25,30,33,36-52H2,1-3H3/b11-8+,12-9+,17-14+,18-15+,23-20+,24-21+,28-26+,29-27+,34-31+,35-32+. The summed E-state index contributed by atoms with van der Waals surface area (Å²) < 4.78 is 16.7. The molecule has 0 saturated heterocycles. The lowest BCUT2D eigenvalue weighted by molar-refractivity contribution is -0.167. The maximum absolute atomic E-state index is 12.8. The molecule has 0 spiro atoms. The molecule has 0 rings (SSSR count). The van der Waals surface area contributed by atoms with Crippen molar-refractivity contribution >= 4 is 17.9 Å². The molecule has 0 aliphatic heterocycles. The second kappa shape index (κ2) is 49.5. The summed E-state index contributed by atoms with van der Waals surface area (Å²) in [6.45, 7) is 6.25. The van der Waals surface area contributed by atoms with Crippen molar-refractivity contribution in [1.82, 2.24) is 0 Å². The minimum Gasteiger partial charge on any atom is -0.462 e. The van der Waals surface area contributed by atoms with Crippen molar-refractivity contribution in [2.45, 2.75) is 200 Å². The molecule has 0 bridgehead atoms. The molecule has 0 aromatic carbocycles. The van der Waals surface area contributed by atoms with E-state index in [1.165, 1.54) is 44.9 Å². The van der Waals surface area contributed by atoms with E-state index in [4.69, 9.17) is 14.2 Å². The van der Waals surface area contributed by atoms with Gasteiger partial charge in [0, 0.05) is 19.3 Å². The number of carbonyl (C=O) groups excluding carboxylic acids is 3. The van der Waals surface area contributed by atoms with E-state index < -0.39 is 6.10 Å². The lowest BCUT2D eigenvalue weighted by Crippen LogP contribution is -2.30. The third-order valence-corrected chi connectivity index (χ3v) is 9.90. The van der Waals surface area contributed by atoms with Crippen LogP contribution in [0.15, 0.2) is 122 Å². The van der Waals surface area contributed by atoms with Gasteiger partial charge in [-0.1, -0.05) is 213 Å². The van der Waals surface area contributed by atoms with Crippen LogP contribution in [-0.4, -0.2) is 37.2 Å². The van der Waals surface area contributed by atoms with Crippen molar-refractivity contribution in [2.75, 3.05) is 13.2 Å². The Morgan fingerprint density at radius 3 is 1.02 bits per heavy atom. The van der Waals surface area contributed by atoms with E-state index in [0.717, 1.165) is 103 Å². The normalized spacial score (nSPS) is 13.1. The van der Waals surface area contributed by atoms with Crippen LogP contribution >= 0.6 is 0 Å². The fourth-order valence-electron chi connectivity index (χ4n) is 6.22. The van der Waals surface area contributed by atoms with Crippen LogP contribution < -0.4 is 0 Å². The van der Waals surface area contributed by atoms with Crippen molar-refractivity contribution in [2.24, 2.45) is 0 Å². The molecule has 0 aromatic heterocycles. The highest BCUT2D eigenvalue weighted by Gasteiger charge is 2.19. The van der Waals surface area contributed by atoms with Gasteiger partial charge in [0.05, 0.1) is 0 Å². The molecule has 0 fully saturated rings. The molecular formula is C56H88O6. The Morgan fingerprint density at radius 1 is 0.339 bits per heavy atom. The molecule has 348 valence electrons. The number of ether oxygens (including phenoxy) is 3. The molecule has 0 saturated carbocycles. The summed E-state index contributed by atoms with van der Waals surface area (Å²) in [6.07, 6.45) is 67.5. The molecule has 6 nitrogen and oxygen atoms in total. The van der Waals surface area contributed by atoms with Gasteiger partial charge in [-0.3, -0.25) is 14.4 Å². The van der Waals surface area contributed by atoms with E-state index in [9.17, 15) is 14.4 Å². The highest BCUT2D eigenvalue weighted by atomic mass is 16.6. The average molecular weight is 857 g/mol. The number of unbranched alkanes of at least 4 members (excludes halogenated alkanes) is 18. The van der Waals surface area contributed by atoms with Gasteiger partial charge in [-0.15, -0.1) is 0 Å². The fraction of sp³-hybridized carbons (Fsp3) is 0.589. The van der Waals surface area contributed by atoms with Gasteiger partial charge in [0.15, 0.2) is 6.10 Å². The molecule has 6 heteroatoms. The van der Waals surface area contributed by atoms with Crippen LogP contribution in [0.2, 0.25) is 0 Å². The third kappa shape index (κ3) is 46.9. The summed E-state index contributed by atoms with van der Waals surface area (Å²) in [5.41, 5.74) is 0. The monoisotopic (exact) mass is 857 g/mol. The molecule has 0 amide bonds. The minimum absolute atomic E-state index is 0.119. The van der Waals surface area contributed by atoms with Gasteiger partial charge in [-0.25, -0.2) is 0 Å². The van der Waals surface area contributed by atoms with Crippen molar-refractivity contribution in [3.05, 3.63) is 122 Å². The Hall–Kier alpha value is -4.19. The molecule has 0 heterocycles. The maximum Gasteiger partial charge on any atom is 0.306 e. The second-order valence-corrected chi connectivity index (χ2v) is 15.8. The minimum atomic E-state index is -0.822. The van der Waals surface area contributed by atoms with Crippen LogP contribution in [-0.2, 0) is 28.6 Å². The van der Waals surface area contributed by atoms with Gasteiger partial charge in [-0.05, 0) is 83.5 Å². The fourth-order valence-corrected chi connectivity index (χ4v) is 6.22. The summed E-state index contributed by atoms with van der Waals surface area (Å²) >= 11 is 0. The van der Waals surface area contributed by atoms with Crippen molar-refractivity contribution in [3.63, 3.8) is 0 Å². The highest BCUT2D eigenvalue weighted by Crippen LogP contribution is 2.12. The van der Waals surface area contributed by atoms with Gasteiger partial charge in [0.2, 0.25) is 0 Å². The Balaban J connectivity index is 4.57.